The van der Waals surface area contributed by atoms with Gasteiger partial charge in [0, 0.05) is 0 Å². The fourth-order valence-electron chi connectivity index (χ4n) is 0.765. The lowest BCUT2D eigenvalue weighted by Gasteiger charge is -1.86. The van der Waals surface area contributed by atoms with Gasteiger partial charge in [-0.05, 0) is 28.7 Å². The Balaban J connectivity index is 2.82. The van der Waals surface area contributed by atoms with E-state index in [1.807, 2.05) is 6.07 Å². The van der Waals surface area contributed by atoms with Crippen LogP contribution < -0.4 is 0 Å². The Morgan fingerprint density at radius 1 is 1.55 bits per heavy atom. The molecule has 0 fully saturated rings. The number of halogens is 2. The van der Waals surface area contributed by atoms with Crippen molar-refractivity contribution in [1.82, 2.24) is 9.97 Å². The van der Waals surface area contributed by atoms with Crippen LogP contribution in [0.5, 0.6) is 0 Å². The first-order valence-corrected chi connectivity index (χ1v) is 5.10. The Labute approximate surface area is 85.8 Å². The Hall–Kier alpha value is 0.0600. The minimum atomic E-state index is 0.454. The van der Waals surface area contributed by atoms with Gasteiger partial charge in [0.25, 0.3) is 0 Å². The zero-order chi connectivity index (χ0) is 7.84. The van der Waals surface area contributed by atoms with Crippen molar-refractivity contribution in [2.24, 2.45) is 0 Å². The van der Waals surface area contributed by atoms with Crippen molar-refractivity contribution >= 4 is 55.9 Å². The maximum atomic E-state index is 5.66. The van der Waals surface area contributed by atoms with Gasteiger partial charge in [-0.3, -0.25) is 4.98 Å². The molecule has 0 N–H and O–H groups in total. The highest BCUT2D eigenvalue weighted by atomic mass is 127. The molecule has 2 rings (SSSR count). The van der Waals surface area contributed by atoms with Crippen LogP contribution in [0.4, 0.5) is 0 Å². The van der Waals surface area contributed by atoms with Gasteiger partial charge in [-0.15, -0.1) is 11.3 Å². The van der Waals surface area contributed by atoms with E-state index in [1.165, 1.54) is 2.88 Å². The second kappa shape index (κ2) is 2.84. The summed E-state index contributed by atoms with van der Waals surface area (Å²) in [5, 5.41) is 0.454. The van der Waals surface area contributed by atoms with E-state index in [2.05, 4.69) is 32.6 Å². The fourth-order valence-corrected chi connectivity index (χ4v) is 2.58. The molecule has 0 spiro atoms. The lowest BCUT2D eigenvalue weighted by molar-refractivity contribution is 1.32. The highest BCUT2D eigenvalue weighted by Crippen LogP contribution is 2.24. The van der Waals surface area contributed by atoms with Gasteiger partial charge >= 0.3 is 0 Å². The van der Waals surface area contributed by atoms with Gasteiger partial charge in [0.05, 0.1) is 9.08 Å². The number of fused-ring (bicyclic) bond motifs is 1. The zero-order valence-electron chi connectivity index (χ0n) is 5.21. The van der Waals surface area contributed by atoms with Crippen LogP contribution in [0.15, 0.2) is 12.3 Å². The Kier molecular flexibility index (Phi) is 1.98. The fraction of sp³-hybridized carbons (Fsp3) is 0. The molecule has 0 bridgehead atoms. The summed E-state index contributed by atoms with van der Waals surface area (Å²) in [5.74, 6) is 0. The van der Waals surface area contributed by atoms with E-state index in [-0.39, 0.29) is 0 Å². The van der Waals surface area contributed by atoms with E-state index in [9.17, 15) is 0 Å². The summed E-state index contributed by atoms with van der Waals surface area (Å²) < 4.78 is 1.18. The summed E-state index contributed by atoms with van der Waals surface area (Å²) in [7, 11) is 0. The van der Waals surface area contributed by atoms with Crippen LogP contribution in [-0.2, 0) is 0 Å². The first-order valence-electron chi connectivity index (χ1n) is 2.83. The highest BCUT2D eigenvalue weighted by Gasteiger charge is 2.01. The molecule has 0 amide bonds. The van der Waals surface area contributed by atoms with E-state index in [1.54, 1.807) is 17.5 Å². The molecule has 0 aliphatic rings. The van der Waals surface area contributed by atoms with Gasteiger partial charge in [-0.1, -0.05) is 11.6 Å². The van der Waals surface area contributed by atoms with Gasteiger partial charge < -0.3 is 0 Å². The molecule has 56 valence electrons. The van der Waals surface area contributed by atoms with Crippen LogP contribution in [0.25, 0.3) is 10.3 Å². The molecule has 2 aromatic rings. The van der Waals surface area contributed by atoms with Crippen molar-refractivity contribution in [1.29, 1.82) is 0 Å². The van der Waals surface area contributed by atoms with Crippen molar-refractivity contribution in [3.8, 4) is 0 Å². The van der Waals surface area contributed by atoms with Gasteiger partial charge in [0.1, 0.15) is 15.5 Å². The second-order valence-corrected chi connectivity index (χ2v) is 5.25. The van der Waals surface area contributed by atoms with Gasteiger partial charge in [0.15, 0.2) is 0 Å². The largest absolute Gasteiger partial charge is 0.250 e. The smallest absolute Gasteiger partial charge is 0.149 e. The first-order chi connectivity index (χ1) is 5.25. The third-order valence-corrected chi connectivity index (χ3v) is 3.14. The van der Waals surface area contributed by atoms with Crippen LogP contribution in [-0.4, -0.2) is 9.97 Å². The first kappa shape index (κ1) is 7.70. The summed E-state index contributed by atoms with van der Waals surface area (Å²) in [6, 6.07) is 1.99. The van der Waals surface area contributed by atoms with Crippen molar-refractivity contribution in [3.63, 3.8) is 0 Å². The van der Waals surface area contributed by atoms with Crippen LogP contribution in [0, 0.1) is 2.88 Å². The number of hydrogen-bond donors (Lipinski definition) is 0. The lowest BCUT2D eigenvalue weighted by Crippen LogP contribution is -1.76. The molecule has 2 heterocycles. The second-order valence-electron chi connectivity index (χ2n) is 1.93. The molecule has 2 nitrogen and oxygen atoms in total. The Morgan fingerprint density at radius 2 is 2.36 bits per heavy atom. The SMILES string of the molecule is Clc1cnc2cc(I)sc2n1. The standard InChI is InChI=1S/C6H2ClIN2S/c7-4-2-9-3-1-5(8)11-6(3)10-4/h1-2H. The maximum absolute atomic E-state index is 5.66. The third-order valence-electron chi connectivity index (χ3n) is 1.18. The maximum Gasteiger partial charge on any atom is 0.149 e. The average molecular weight is 297 g/mol. The minimum absolute atomic E-state index is 0.454. The molecular formula is C6H2ClIN2S. The van der Waals surface area contributed by atoms with E-state index in [4.69, 9.17) is 11.6 Å². The summed E-state index contributed by atoms with van der Waals surface area (Å²) in [6.07, 6.45) is 1.56. The molecule has 0 unspecified atom stereocenters. The van der Waals surface area contributed by atoms with Crippen LogP contribution in [0.3, 0.4) is 0 Å². The quantitative estimate of drug-likeness (QED) is 0.699. The number of thiophene rings is 1. The number of rotatable bonds is 0. The molecule has 0 atom stereocenters. The third kappa shape index (κ3) is 1.47. The molecule has 2 aromatic heterocycles. The summed E-state index contributed by atoms with van der Waals surface area (Å²) >= 11 is 9.49. The molecule has 0 radical (unpaired) electrons. The molecule has 0 saturated heterocycles. The molecule has 0 aromatic carbocycles. The molecular weight excluding hydrogens is 295 g/mol. The molecule has 5 heteroatoms. The number of hydrogen-bond acceptors (Lipinski definition) is 3. The topological polar surface area (TPSA) is 25.8 Å². The van der Waals surface area contributed by atoms with Crippen molar-refractivity contribution in [2.75, 3.05) is 0 Å². The van der Waals surface area contributed by atoms with E-state index in [0.29, 0.717) is 5.15 Å². The van der Waals surface area contributed by atoms with E-state index in [0.717, 1.165) is 10.3 Å². The van der Waals surface area contributed by atoms with E-state index >= 15 is 0 Å². The van der Waals surface area contributed by atoms with E-state index < -0.39 is 0 Å². The number of nitrogens with zero attached hydrogens (tertiary/aromatic N) is 2. The Morgan fingerprint density at radius 3 is 3.18 bits per heavy atom. The summed E-state index contributed by atoms with van der Waals surface area (Å²) in [6.45, 7) is 0. The monoisotopic (exact) mass is 296 g/mol. The average Bonchev–Trinajstić information content (AvgIpc) is 2.27. The molecule has 0 saturated carbocycles. The lowest BCUT2D eigenvalue weighted by atomic mass is 10.5. The predicted molar refractivity (Wildman–Crippen MR) is 55.1 cm³/mol. The minimum Gasteiger partial charge on any atom is -0.250 e. The highest BCUT2D eigenvalue weighted by molar-refractivity contribution is 14.1. The zero-order valence-corrected chi connectivity index (χ0v) is 8.94. The van der Waals surface area contributed by atoms with Crippen molar-refractivity contribution in [2.45, 2.75) is 0 Å². The van der Waals surface area contributed by atoms with Crippen LogP contribution >= 0.6 is 45.5 Å². The van der Waals surface area contributed by atoms with Crippen LogP contribution in [0.2, 0.25) is 5.15 Å². The molecule has 0 aliphatic heterocycles. The normalized spacial score (nSPS) is 10.7. The van der Waals surface area contributed by atoms with Crippen LogP contribution in [0.1, 0.15) is 0 Å². The number of aromatic nitrogens is 2. The van der Waals surface area contributed by atoms with Gasteiger partial charge in [-0.25, -0.2) is 4.98 Å². The van der Waals surface area contributed by atoms with Crippen molar-refractivity contribution < 1.29 is 0 Å². The van der Waals surface area contributed by atoms with Crippen molar-refractivity contribution in [3.05, 3.63) is 20.3 Å². The molecule has 0 aliphatic carbocycles. The molecule has 11 heavy (non-hydrogen) atoms. The summed E-state index contributed by atoms with van der Waals surface area (Å²) in [4.78, 5) is 9.13. The van der Waals surface area contributed by atoms with Gasteiger partial charge in [0.2, 0.25) is 0 Å². The Bertz CT molecular complexity index is 400. The predicted octanol–water partition coefficient (Wildman–Crippen LogP) is 2.95. The summed E-state index contributed by atoms with van der Waals surface area (Å²) in [5.41, 5.74) is 0.920. The van der Waals surface area contributed by atoms with Gasteiger partial charge in [-0.2, -0.15) is 0 Å².